The van der Waals surface area contributed by atoms with E-state index in [1.165, 1.54) is 29.1 Å². The number of nitrogens with zero attached hydrogens (tertiary/aromatic N) is 1. The zero-order valence-corrected chi connectivity index (χ0v) is 15.4. The summed E-state index contributed by atoms with van der Waals surface area (Å²) in [5, 5.41) is 13.7. The minimum Gasteiger partial charge on any atom is -0.484 e. The summed E-state index contributed by atoms with van der Waals surface area (Å²) in [6.45, 7) is -0.102. The zero-order valence-electron chi connectivity index (χ0n) is 13.8. The highest BCUT2D eigenvalue weighted by atomic mass is 35.5. The van der Waals surface area contributed by atoms with Crippen LogP contribution in [0, 0.1) is 11.3 Å². The van der Waals surface area contributed by atoms with Crippen molar-refractivity contribution in [2.45, 2.75) is 38.5 Å². The number of amides is 1. The Hall–Kier alpha value is -2.03. The summed E-state index contributed by atoms with van der Waals surface area (Å²) in [5.74, 6) is 0.319. The van der Waals surface area contributed by atoms with E-state index in [9.17, 15) is 10.1 Å². The number of halogens is 1. The Kier molecular flexibility index (Phi) is 5.95. The first kappa shape index (κ1) is 17.8. The van der Waals surface area contributed by atoms with E-state index >= 15 is 0 Å². The van der Waals surface area contributed by atoms with E-state index < -0.39 is 0 Å². The van der Waals surface area contributed by atoms with Crippen molar-refractivity contribution < 1.29 is 9.53 Å². The Labute approximate surface area is 156 Å². The summed E-state index contributed by atoms with van der Waals surface area (Å²) in [6.07, 6.45) is 6.60. The summed E-state index contributed by atoms with van der Waals surface area (Å²) in [7, 11) is 0. The van der Waals surface area contributed by atoms with Crippen LogP contribution in [-0.2, 0) is 17.6 Å². The quantitative estimate of drug-likeness (QED) is 0.823. The maximum Gasteiger partial charge on any atom is 0.262 e. The highest BCUT2D eigenvalue weighted by Gasteiger charge is 2.20. The van der Waals surface area contributed by atoms with Crippen LogP contribution in [-0.4, -0.2) is 12.5 Å². The van der Waals surface area contributed by atoms with Gasteiger partial charge in [-0.15, -0.1) is 11.3 Å². The number of thiophene rings is 1. The molecule has 1 amide bonds. The van der Waals surface area contributed by atoms with Crippen LogP contribution >= 0.6 is 22.9 Å². The largest absolute Gasteiger partial charge is 0.484 e. The minimum absolute atomic E-state index is 0.102. The Bertz CT molecular complexity index is 793. The van der Waals surface area contributed by atoms with Crippen molar-refractivity contribution >= 4 is 33.8 Å². The molecule has 0 saturated carbocycles. The zero-order chi connectivity index (χ0) is 17.6. The second-order valence-corrected chi connectivity index (χ2v) is 7.57. The average molecular weight is 375 g/mol. The molecular formula is C19H19ClN2O2S. The molecule has 0 unspecified atom stereocenters. The number of hydrogen-bond donors (Lipinski definition) is 1. The minimum atomic E-state index is -0.263. The van der Waals surface area contributed by atoms with Gasteiger partial charge in [0, 0.05) is 9.90 Å². The lowest BCUT2D eigenvalue weighted by Gasteiger charge is -2.08. The van der Waals surface area contributed by atoms with E-state index in [0.717, 1.165) is 31.2 Å². The third-order valence-electron chi connectivity index (χ3n) is 4.22. The molecule has 1 aliphatic rings. The smallest absolute Gasteiger partial charge is 0.262 e. The van der Waals surface area contributed by atoms with Crippen LogP contribution in [0.4, 0.5) is 5.00 Å². The number of fused-ring (bicyclic) bond motifs is 1. The van der Waals surface area contributed by atoms with Crippen LogP contribution in [0.1, 0.15) is 41.7 Å². The van der Waals surface area contributed by atoms with E-state index in [1.807, 2.05) is 0 Å². The average Bonchev–Trinajstić information content (AvgIpc) is 2.90. The highest BCUT2D eigenvalue weighted by Crippen LogP contribution is 2.36. The van der Waals surface area contributed by atoms with E-state index in [1.54, 1.807) is 24.3 Å². The van der Waals surface area contributed by atoms with Crippen LogP contribution in [0.3, 0.4) is 0 Å². The number of ether oxygens (including phenoxy) is 1. The fourth-order valence-corrected chi connectivity index (χ4v) is 4.35. The third kappa shape index (κ3) is 4.53. The molecule has 130 valence electrons. The molecule has 3 rings (SSSR count). The van der Waals surface area contributed by atoms with Crippen LogP contribution < -0.4 is 10.1 Å². The lowest BCUT2D eigenvalue weighted by atomic mass is 9.97. The van der Waals surface area contributed by atoms with Crippen LogP contribution in [0.2, 0.25) is 5.02 Å². The summed E-state index contributed by atoms with van der Waals surface area (Å²) in [4.78, 5) is 13.4. The second kappa shape index (κ2) is 8.37. The van der Waals surface area contributed by atoms with Gasteiger partial charge in [0.25, 0.3) is 5.91 Å². The van der Waals surface area contributed by atoms with Gasteiger partial charge >= 0.3 is 0 Å². The number of benzene rings is 1. The number of nitrogens with one attached hydrogen (secondary N) is 1. The van der Waals surface area contributed by atoms with Gasteiger partial charge in [-0.25, -0.2) is 0 Å². The second-order valence-electron chi connectivity index (χ2n) is 6.02. The molecule has 0 aliphatic heterocycles. The molecule has 4 nitrogen and oxygen atoms in total. The summed E-state index contributed by atoms with van der Waals surface area (Å²) in [6, 6.07) is 9.13. The molecule has 6 heteroatoms. The van der Waals surface area contributed by atoms with Gasteiger partial charge in [-0.3, -0.25) is 4.79 Å². The number of rotatable bonds is 4. The topological polar surface area (TPSA) is 62.1 Å². The molecule has 0 radical (unpaired) electrons. The number of hydrogen-bond acceptors (Lipinski definition) is 4. The fourth-order valence-electron chi connectivity index (χ4n) is 2.97. The van der Waals surface area contributed by atoms with Gasteiger partial charge in [-0.1, -0.05) is 24.4 Å². The molecule has 1 aromatic carbocycles. The van der Waals surface area contributed by atoms with Crippen molar-refractivity contribution in [3.63, 3.8) is 0 Å². The number of aryl methyl sites for hydroxylation is 1. The van der Waals surface area contributed by atoms with E-state index in [2.05, 4.69) is 11.4 Å². The molecule has 0 spiro atoms. The predicted octanol–water partition coefficient (Wildman–Crippen LogP) is 4.95. The van der Waals surface area contributed by atoms with Gasteiger partial charge in [0.1, 0.15) is 16.8 Å². The van der Waals surface area contributed by atoms with Crippen molar-refractivity contribution in [1.82, 2.24) is 0 Å². The van der Waals surface area contributed by atoms with Crippen molar-refractivity contribution in [2.75, 3.05) is 11.9 Å². The lowest BCUT2D eigenvalue weighted by Crippen LogP contribution is -2.20. The van der Waals surface area contributed by atoms with E-state index in [4.69, 9.17) is 16.3 Å². The third-order valence-corrected chi connectivity index (χ3v) is 5.68. The molecule has 1 aliphatic carbocycles. The Morgan fingerprint density at radius 1 is 1.20 bits per heavy atom. The standard InChI is InChI=1S/C19H19ClN2O2S/c20-13-7-9-14(10-8-13)24-12-18(23)22-19-16(11-21)15-5-3-1-2-4-6-17(15)25-19/h7-10H,1-6,12H2,(H,22,23). The number of nitriles is 1. The first-order chi connectivity index (χ1) is 12.2. The summed E-state index contributed by atoms with van der Waals surface area (Å²) >= 11 is 7.36. The molecule has 1 N–H and O–H groups in total. The molecule has 0 bridgehead atoms. The number of carbonyl (C=O) groups excluding carboxylic acids is 1. The molecule has 2 aromatic rings. The normalized spacial score (nSPS) is 13.9. The monoisotopic (exact) mass is 374 g/mol. The van der Waals surface area contributed by atoms with Gasteiger partial charge in [-0.05, 0) is 55.5 Å². The van der Waals surface area contributed by atoms with Gasteiger partial charge < -0.3 is 10.1 Å². The molecule has 25 heavy (non-hydrogen) atoms. The maximum absolute atomic E-state index is 12.2. The Morgan fingerprint density at radius 2 is 1.92 bits per heavy atom. The lowest BCUT2D eigenvalue weighted by molar-refractivity contribution is -0.118. The molecule has 0 atom stereocenters. The van der Waals surface area contributed by atoms with E-state index in [0.29, 0.717) is 21.3 Å². The molecule has 1 heterocycles. The molecule has 1 aromatic heterocycles. The number of carbonyl (C=O) groups is 1. The van der Waals surface area contributed by atoms with Gasteiger partial charge in [0.2, 0.25) is 0 Å². The SMILES string of the molecule is N#Cc1c(NC(=O)COc2ccc(Cl)cc2)sc2c1CCCCCC2. The molecule has 0 saturated heterocycles. The van der Waals surface area contributed by atoms with E-state index in [-0.39, 0.29) is 12.5 Å². The van der Waals surface area contributed by atoms with Crippen molar-refractivity contribution in [3.05, 3.63) is 45.3 Å². The van der Waals surface area contributed by atoms with Crippen LogP contribution in [0.15, 0.2) is 24.3 Å². The first-order valence-corrected chi connectivity index (χ1v) is 9.59. The number of anilines is 1. The Morgan fingerprint density at radius 3 is 2.64 bits per heavy atom. The fraction of sp³-hybridized carbons (Fsp3) is 0.368. The summed E-state index contributed by atoms with van der Waals surface area (Å²) in [5.41, 5.74) is 1.75. The van der Waals surface area contributed by atoms with Crippen LogP contribution in [0.25, 0.3) is 0 Å². The van der Waals surface area contributed by atoms with Crippen molar-refractivity contribution in [1.29, 1.82) is 5.26 Å². The highest BCUT2D eigenvalue weighted by molar-refractivity contribution is 7.16. The predicted molar refractivity (Wildman–Crippen MR) is 100 cm³/mol. The van der Waals surface area contributed by atoms with Gasteiger partial charge in [0.05, 0.1) is 5.56 Å². The summed E-state index contributed by atoms with van der Waals surface area (Å²) < 4.78 is 5.46. The van der Waals surface area contributed by atoms with Gasteiger partial charge in [0.15, 0.2) is 6.61 Å². The molecule has 0 fully saturated rings. The maximum atomic E-state index is 12.2. The van der Waals surface area contributed by atoms with Crippen molar-refractivity contribution in [3.8, 4) is 11.8 Å². The molecular weight excluding hydrogens is 356 g/mol. The van der Waals surface area contributed by atoms with Gasteiger partial charge in [-0.2, -0.15) is 5.26 Å². The first-order valence-electron chi connectivity index (χ1n) is 8.40. The Balaban J connectivity index is 1.67. The van der Waals surface area contributed by atoms with Crippen molar-refractivity contribution in [2.24, 2.45) is 0 Å². The van der Waals surface area contributed by atoms with Crippen LogP contribution in [0.5, 0.6) is 5.75 Å².